The third-order valence-electron chi connectivity index (χ3n) is 2.38. The maximum absolute atomic E-state index is 12.0. The average molecular weight is 279 g/mol. The number of sulfone groups is 1. The lowest BCUT2D eigenvalue weighted by atomic mass is 10.2. The van der Waals surface area contributed by atoms with Crippen LogP contribution in [0.25, 0.3) is 6.08 Å². The van der Waals surface area contributed by atoms with E-state index in [9.17, 15) is 8.42 Å². The van der Waals surface area contributed by atoms with Gasteiger partial charge in [-0.1, -0.05) is 41.9 Å². The Kier molecular flexibility index (Phi) is 3.84. The van der Waals surface area contributed by atoms with E-state index in [2.05, 4.69) is 0 Å². The van der Waals surface area contributed by atoms with Crippen LogP contribution in [0.4, 0.5) is 0 Å². The normalized spacial score (nSPS) is 11.8. The number of hydrogen-bond acceptors (Lipinski definition) is 2. The molecule has 0 bridgehead atoms. The van der Waals surface area contributed by atoms with Crippen LogP contribution in [0, 0.1) is 0 Å². The Labute approximate surface area is 111 Å². The minimum Gasteiger partial charge on any atom is -0.219 e. The lowest BCUT2D eigenvalue weighted by Crippen LogP contribution is -1.95. The molecule has 0 saturated carbocycles. The Balaban J connectivity index is 2.28. The van der Waals surface area contributed by atoms with E-state index in [0.29, 0.717) is 5.02 Å². The van der Waals surface area contributed by atoms with Crippen molar-refractivity contribution in [2.24, 2.45) is 0 Å². The second kappa shape index (κ2) is 5.38. The maximum Gasteiger partial charge on any atom is 0.199 e. The molecular formula is C14H11ClO2S. The fraction of sp³-hybridized carbons (Fsp3) is 0. The van der Waals surface area contributed by atoms with E-state index in [1.807, 2.05) is 30.3 Å². The topological polar surface area (TPSA) is 34.1 Å². The third-order valence-corrected chi connectivity index (χ3v) is 4.06. The number of hydrogen-bond donors (Lipinski definition) is 0. The molecule has 0 saturated heterocycles. The Morgan fingerprint density at radius 1 is 0.889 bits per heavy atom. The molecule has 0 N–H and O–H groups in total. The highest BCUT2D eigenvalue weighted by Crippen LogP contribution is 2.17. The summed E-state index contributed by atoms with van der Waals surface area (Å²) in [5.74, 6) is 0. The number of halogens is 1. The van der Waals surface area contributed by atoms with Gasteiger partial charge >= 0.3 is 0 Å². The second-order valence-corrected chi connectivity index (χ2v) is 5.98. The van der Waals surface area contributed by atoms with E-state index >= 15 is 0 Å². The summed E-state index contributed by atoms with van der Waals surface area (Å²) in [6.45, 7) is 0. The molecule has 0 aromatic heterocycles. The van der Waals surface area contributed by atoms with Crippen LogP contribution in [-0.4, -0.2) is 8.42 Å². The first kappa shape index (κ1) is 12.9. The first-order chi connectivity index (χ1) is 8.58. The van der Waals surface area contributed by atoms with Crippen molar-refractivity contribution in [1.29, 1.82) is 0 Å². The zero-order valence-electron chi connectivity index (χ0n) is 9.45. The molecule has 0 aliphatic carbocycles. The summed E-state index contributed by atoms with van der Waals surface area (Å²) in [5, 5.41) is 1.71. The van der Waals surface area contributed by atoms with Crippen LogP contribution in [0.3, 0.4) is 0 Å². The SMILES string of the molecule is O=S(=O)(C=Cc1ccccc1)c1ccc(Cl)cc1. The molecule has 0 amide bonds. The Morgan fingerprint density at radius 3 is 2.11 bits per heavy atom. The van der Waals surface area contributed by atoms with Gasteiger partial charge in [-0.05, 0) is 35.9 Å². The van der Waals surface area contributed by atoms with Crippen molar-refractivity contribution in [1.82, 2.24) is 0 Å². The van der Waals surface area contributed by atoms with Gasteiger partial charge in [-0.2, -0.15) is 0 Å². The zero-order valence-corrected chi connectivity index (χ0v) is 11.0. The van der Waals surface area contributed by atoms with E-state index in [0.717, 1.165) is 5.56 Å². The van der Waals surface area contributed by atoms with Crippen molar-refractivity contribution < 1.29 is 8.42 Å². The molecule has 0 atom stereocenters. The predicted octanol–water partition coefficient (Wildman–Crippen LogP) is 3.78. The highest BCUT2D eigenvalue weighted by molar-refractivity contribution is 7.94. The molecule has 2 rings (SSSR count). The molecule has 0 fully saturated rings. The first-order valence-electron chi connectivity index (χ1n) is 5.32. The molecule has 92 valence electrons. The summed E-state index contributed by atoms with van der Waals surface area (Å²) in [4.78, 5) is 0.235. The molecule has 0 aliphatic rings. The molecule has 0 radical (unpaired) electrons. The zero-order chi connectivity index (χ0) is 13.0. The number of benzene rings is 2. The van der Waals surface area contributed by atoms with Gasteiger partial charge in [0.15, 0.2) is 9.84 Å². The van der Waals surface area contributed by atoms with Crippen molar-refractivity contribution in [2.45, 2.75) is 4.90 Å². The standard InChI is InChI=1S/C14H11ClO2S/c15-13-6-8-14(9-7-13)18(16,17)11-10-12-4-2-1-3-5-12/h1-11H. The van der Waals surface area contributed by atoms with Crippen molar-refractivity contribution in [3.8, 4) is 0 Å². The van der Waals surface area contributed by atoms with Gasteiger partial charge in [-0.3, -0.25) is 0 Å². The molecule has 18 heavy (non-hydrogen) atoms. The van der Waals surface area contributed by atoms with Crippen LogP contribution in [-0.2, 0) is 9.84 Å². The fourth-order valence-corrected chi connectivity index (χ4v) is 2.57. The van der Waals surface area contributed by atoms with Gasteiger partial charge in [0.2, 0.25) is 0 Å². The summed E-state index contributed by atoms with van der Waals surface area (Å²) < 4.78 is 24.0. The Bertz CT molecular complexity index is 644. The van der Waals surface area contributed by atoms with Crippen LogP contribution in [0.2, 0.25) is 5.02 Å². The Hall–Kier alpha value is -1.58. The van der Waals surface area contributed by atoms with Crippen LogP contribution >= 0.6 is 11.6 Å². The van der Waals surface area contributed by atoms with Crippen LogP contribution < -0.4 is 0 Å². The van der Waals surface area contributed by atoms with Crippen molar-refractivity contribution in [2.75, 3.05) is 0 Å². The van der Waals surface area contributed by atoms with E-state index in [-0.39, 0.29) is 4.90 Å². The van der Waals surface area contributed by atoms with E-state index < -0.39 is 9.84 Å². The van der Waals surface area contributed by atoms with Gasteiger partial charge in [0, 0.05) is 10.4 Å². The summed E-state index contributed by atoms with van der Waals surface area (Å²) in [6.07, 6.45) is 1.57. The fourth-order valence-electron chi connectivity index (χ4n) is 1.44. The summed E-state index contributed by atoms with van der Waals surface area (Å²) >= 11 is 5.72. The number of rotatable bonds is 3. The van der Waals surface area contributed by atoms with Gasteiger partial charge in [-0.25, -0.2) is 8.42 Å². The quantitative estimate of drug-likeness (QED) is 0.856. The van der Waals surface area contributed by atoms with Gasteiger partial charge in [0.1, 0.15) is 0 Å². The molecular weight excluding hydrogens is 268 g/mol. The smallest absolute Gasteiger partial charge is 0.199 e. The van der Waals surface area contributed by atoms with Gasteiger partial charge in [0.05, 0.1) is 4.90 Å². The second-order valence-electron chi connectivity index (χ2n) is 3.71. The van der Waals surface area contributed by atoms with Gasteiger partial charge < -0.3 is 0 Å². The third kappa shape index (κ3) is 3.22. The minimum absolute atomic E-state index is 0.235. The van der Waals surface area contributed by atoms with Crippen LogP contribution in [0.15, 0.2) is 64.9 Å². The molecule has 2 aromatic carbocycles. The van der Waals surface area contributed by atoms with E-state index in [1.165, 1.54) is 17.5 Å². The lowest BCUT2D eigenvalue weighted by Gasteiger charge is -1.99. The average Bonchev–Trinajstić information content (AvgIpc) is 2.38. The molecule has 2 aromatic rings. The van der Waals surface area contributed by atoms with Crippen LogP contribution in [0.5, 0.6) is 0 Å². The van der Waals surface area contributed by atoms with Crippen molar-refractivity contribution >= 4 is 27.5 Å². The Morgan fingerprint density at radius 2 is 1.50 bits per heavy atom. The summed E-state index contributed by atoms with van der Waals surface area (Å²) in [7, 11) is -3.41. The molecule has 2 nitrogen and oxygen atoms in total. The minimum atomic E-state index is -3.41. The molecule has 0 spiro atoms. The highest BCUT2D eigenvalue weighted by atomic mass is 35.5. The van der Waals surface area contributed by atoms with Crippen molar-refractivity contribution in [3.63, 3.8) is 0 Å². The van der Waals surface area contributed by atoms with E-state index in [4.69, 9.17) is 11.6 Å². The molecule has 0 unspecified atom stereocenters. The van der Waals surface area contributed by atoms with Gasteiger partial charge in [0.25, 0.3) is 0 Å². The monoisotopic (exact) mass is 278 g/mol. The van der Waals surface area contributed by atoms with Crippen LogP contribution in [0.1, 0.15) is 5.56 Å². The molecule has 0 heterocycles. The van der Waals surface area contributed by atoms with E-state index in [1.54, 1.807) is 18.2 Å². The summed E-state index contributed by atoms with van der Waals surface area (Å²) in [5.41, 5.74) is 0.843. The predicted molar refractivity (Wildman–Crippen MR) is 74.1 cm³/mol. The lowest BCUT2D eigenvalue weighted by molar-refractivity contribution is 0.605. The summed E-state index contributed by atoms with van der Waals surface area (Å²) in [6, 6.07) is 15.4. The highest BCUT2D eigenvalue weighted by Gasteiger charge is 2.09. The largest absolute Gasteiger partial charge is 0.219 e. The first-order valence-corrected chi connectivity index (χ1v) is 7.24. The molecule has 0 aliphatic heterocycles. The molecule has 4 heteroatoms. The van der Waals surface area contributed by atoms with Gasteiger partial charge in [-0.15, -0.1) is 0 Å². The van der Waals surface area contributed by atoms with Crippen molar-refractivity contribution in [3.05, 3.63) is 70.6 Å². The maximum atomic E-state index is 12.0.